The van der Waals surface area contributed by atoms with E-state index in [1.807, 2.05) is 35.8 Å². The first-order chi connectivity index (χ1) is 13.7. The molecular formula is C19H17N9. The first-order valence-corrected chi connectivity index (χ1v) is 8.99. The Morgan fingerprint density at radius 2 is 2.00 bits per heavy atom. The van der Waals surface area contributed by atoms with Gasteiger partial charge in [0, 0.05) is 17.8 Å². The van der Waals surface area contributed by atoms with Crippen LogP contribution in [0.25, 0.3) is 11.3 Å². The van der Waals surface area contributed by atoms with E-state index in [0.717, 1.165) is 35.5 Å². The third-order valence-electron chi connectivity index (χ3n) is 4.70. The molecule has 2 N–H and O–H groups in total. The summed E-state index contributed by atoms with van der Waals surface area (Å²) in [5.74, 6) is 0.628. The molecule has 0 atom stereocenters. The van der Waals surface area contributed by atoms with E-state index in [0.29, 0.717) is 23.2 Å². The Hall–Kier alpha value is -3.93. The van der Waals surface area contributed by atoms with Crippen LogP contribution in [0.2, 0.25) is 0 Å². The molecule has 5 rings (SSSR count). The largest absolute Gasteiger partial charge is 0.379 e. The summed E-state index contributed by atoms with van der Waals surface area (Å²) in [6.07, 6.45) is 7.16. The number of aromatic nitrogens is 6. The zero-order valence-electron chi connectivity index (χ0n) is 15.2. The number of fused-ring (bicyclic) bond motifs is 1. The molecule has 0 unspecified atom stereocenters. The van der Waals surface area contributed by atoms with E-state index in [1.54, 1.807) is 23.4 Å². The number of nitriles is 1. The van der Waals surface area contributed by atoms with Crippen molar-refractivity contribution in [2.24, 2.45) is 0 Å². The highest BCUT2D eigenvalue weighted by molar-refractivity contribution is 5.74. The summed E-state index contributed by atoms with van der Waals surface area (Å²) in [7, 11) is 0. The number of hydrogen-bond acceptors (Lipinski definition) is 7. The van der Waals surface area contributed by atoms with Crippen LogP contribution in [0.1, 0.15) is 24.1 Å². The van der Waals surface area contributed by atoms with Gasteiger partial charge < -0.3 is 10.6 Å². The van der Waals surface area contributed by atoms with E-state index in [9.17, 15) is 5.26 Å². The lowest BCUT2D eigenvalue weighted by atomic mass is 10.1. The van der Waals surface area contributed by atoms with E-state index in [1.165, 1.54) is 0 Å². The van der Waals surface area contributed by atoms with Gasteiger partial charge in [0.05, 0.1) is 17.6 Å². The monoisotopic (exact) mass is 371 g/mol. The highest BCUT2D eigenvalue weighted by Crippen LogP contribution is 2.29. The summed E-state index contributed by atoms with van der Waals surface area (Å²) in [6.45, 7) is 2.03. The zero-order valence-corrected chi connectivity index (χ0v) is 15.2. The van der Waals surface area contributed by atoms with Gasteiger partial charge in [0.1, 0.15) is 18.7 Å². The lowest BCUT2D eigenvalue weighted by molar-refractivity contribution is 0.924. The summed E-state index contributed by atoms with van der Waals surface area (Å²) in [4.78, 5) is 4.35. The molecule has 1 saturated carbocycles. The molecule has 1 fully saturated rings. The van der Waals surface area contributed by atoms with Gasteiger partial charge in [-0.15, -0.1) is 15.3 Å². The van der Waals surface area contributed by atoms with Crippen LogP contribution in [-0.4, -0.2) is 35.4 Å². The van der Waals surface area contributed by atoms with Gasteiger partial charge >= 0.3 is 0 Å². The predicted molar refractivity (Wildman–Crippen MR) is 104 cm³/mol. The molecule has 9 nitrogen and oxygen atoms in total. The van der Waals surface area contributed by atoms with Crippen LogP contribution in [0, 0.1) is 18.3 Å². The van der Waals surface area contributed by atoms with Crippen molar-refractivity contribution in [3.8, 4) is 11.8 Å². The molecule has 28 heavy (non-hydrogen) atoms. The lowest BCUT2D eigenvalue weighted by Gasteiger charge is -2.13. The fourth-order valence-electron chi connectivity index (χ4n) is 3.10. The Bertz CT molecular complexity index is 1200. The van der Waals surface area contributed by atoms with Crippen LogP contribution in [0.3, 0.4) is 0 Å². The summed E-state index contributed by atoms with van der Waals surface area (Å²) >= 11 is 0. The highest BCUT2D eigenvalue weighted by Gasteiger charge is 2.23. The number of aryl methyl sites for hydroxylation is 1. The maximum atomic E-state index is 9.36. The normalized spacial score (nSPS) is 13.4. The van der Waals surface area contributed by atoms with Gasteiger partial charge in [-0.25, -0.2) is 4.98 Å². The molecule has 0 bridgehead atoms. The van der Waals surface area contributed by atoms with Crippen LogP contribution in [-0.2, 0) is 0 Å². The van der Waals surface area contributed by atoms with Crippen LogP contribution in [0.4, 0.5) is 17.2 Å². The van der Waals surface area contributed by atoms with Crippen molar-refractivity contribution in [2.45, 2.75) is 25.8 Å². The predicted octanol–water partition coefficient (Wildman–Crippen LogP) is 2.81. The van der Waals surface area contributed by atoms with E-state index in [2.05, 4.69) is 37.0 Å². The number of nitrogens with zero attached hydrogens (tertiary/aromatic N) is 7. The molecule has 4 aromatic rings. The highest BCUT2D eigenvalue weighted by atomic mass is 15.3. The first kappa shape index (κ1) is 16.3. The molecule has 1 aromatic carbocycles. The van der Waals surface area contributed by atoms with Gasteiger partial charge in [0.15, 0.2) is 17.2 Å². The summed E-state index contributed by atoms with van der Waals surface area (Å²) < 4.78 is 3.43. The van der Waals surface area contributed by atoms with Gasteiger partial charge in [-0.2, -0.15) is 9.78 Å². The fourth-order valence-corrected chi connectivity index (χ4v) is 3.10. The maximum Gasteiger partial charge on any atom is 0.178 e. The van der Waals surface area contributed by atoms with Crippen molar-refractivity contribution in [3.05, 3.63) is 54.4 Å². The number of rotatable bonds is 5. The molecule has 0 radical (unpaired) electrons. The average Bonchev–Trinajstić information content (AvgIpc) is 3.18. The smallest absolute Gasteiger partial charge is 0.178 e. The second-order valence-corrected chi connectivity index (χ2v) is 6.85. The van der Waals surface area contributed by atoms with Crippen molar-refractivity contribution in [2.75, 3.05) is 10.6 Å². The minimum atomic E-state index is 0.395. The van der Waals surface area contributed by atoms with Gasteiger partial charge in [-0.3, -0.25) is 4.57 Å². The SMILES string of the molecule is Cc1ccc(Nc2cc(NC3CC3)c3ncc(C#N)n3n2)cc1-n1cnnc1. The fraction of sp³-hybridized carbons (Fsp3) is 0.211. The van der Waals surface area contributed by atoms with Gasteiger partial charge in [-0.1, -0.05) is 6.07 Å². The topological polar surface area (TPSA) is 109 Å². The van der Waals surface area contributed by atoms with E-state index >= 15 is 0 Å². The van der Waals surface area contributed by atoms with Crippen molar-refractivity contribution in [1.82, 2.24) is 29.4 Å². The molecule has 3 aromatic heterocycles. The maximum absolute atomic E-state index is 9.36. The number of nitrogens with one attached hydrogen (secondary N) is 2. The lowest BCUT2D eigenvalue weighted by Crippen LogP contribution is -2.08. The van der Waals surface area contributed by atoms with Gasteiger partial charge in [0.2, 0.25) is 0 Å². The van der Waals surface area contributed by atoms with Crippen molar-refractivity contribution in [1.29, 1.82) is 5.26 Å². The van der Waals surface area contributed by atoms with Gasteiger partial charge in [0.25, 0.3) is 0 Å². The molecular weight excluding hydrogens is 354 g/mol. The molecule has 0 spiro atoms. The van der Waals surface area contributed by atoms with E-state index in [-0.39, 0.29) is 0 Å². The molecule has 138 valence electrons. The Labute approximate surface area is 160 Å². The molecule has 0 saturated heterocycles. The number of anilines is 3. The van der Waals surface area contributed by atoms with E-state index in [4.69, 9.17) is 0 Å². The summed E-state index contributed by atoms with van der Waals surface area (Å²) in [6, 6.07) is 10.6. The molecule has 0 aliphatic heterocycles. The zero-order chi connectivity index (χ0) is 19.1. The summed E-state index contributed by atoms with van der Waals surface area (Å²) in [5, 5.41) is 28.5. The Balaban J connectivity index is 1.54. The van der Waals surface area contributed by atoms with Crippen LogP contribution >= 0.6 is 0 Å². The minimum Gasteiger partial charge on any atom is -0.379 e. The third-order valence-corrected chi connectivity index (χ3v) is 4.70. The average molecular weight is 371 g/mol. The molecule has 1 aliphatic rings. The van der Waals surface area contributed by atoms with Gasteiger partial charge in [-0.05, 0) is 37.5 Å². The van der Waals surface area contributed by atoms with Crippen molar-refractivity contribution < 1.29 is 0 Å². The standard InChI is InChI=1S/C19H17N9/c1-12-2-3-14(6-17(12)27-10-22-23-11-27)25-18-7-16(24-13-4-5-13)19-21-9-15(8-20)28(19)26-18/h2-3,6-7,9-11,13,24H,4-5H2,1H3,(H,25,26). The minimum absolute atomic E-state index is 0.395. The Morgan fingerprint density at radius 1 is 1.18 bits per heavy atom. The van der Waals surface area contributed by atoms with Crippen molar-refractivity contribution in [3.63, 3.8) is 0 Å². The second kappa shape index (κ2) is 6.35. The molecule has 1 aliphatic carbocycles. The number of hydrogen-bond donors (Lipinski definition) is 2. The Kier molecular flexibility index (Phi) is 3.69. The molecule has 3 heterocycles. The molecule has 9 heteroatoms. The van der Waals surface area contributed by atoms with Crippen LogP contribution in [0.15, 0.2) is 43.1 Å². The van der Waals surface area contributed by atoms with Crippen molar-refractivity contribution >= 4 is 22.8 Å². The number of benzene rings is 1. The third kappa shape index (κ3) is 2.91. The van der Waals surface area contributed by atoms with E-state index < -0.39 is 0 Å². The molecule has 0 amide bonds. The van der Waals surface area contributed by atoms with Crippen LogP contribution < -0.4 is 10.6 Å². The summed E-state index contributed by atoms with van der Waals surface area (Å²) in [5.41, 5.74) is 4.87. The quantitative estimate of drug-likeness (QED) is 0.555. The second-order valence-electron chi connectivity index (χ2n) is 6.85. The Morgan fingerprint density at radius 3 is 2.75 bits per heavy atom. The number of imidazole rings is 1. The first-order valence-electron chi connectivity index (χ1n) is 8.99. The van der Waals surface area contributed by atoms with Crippen LogP contribution in [0.5, 0.6) is 0 Å².